The molecule has 0 aliphatic carbocycles. The number of aromatic nitrogens is 1. The van der Waals surface area contributed by atoms with Crippen LogP contribution in [0.5, 0.6) is 0 Å². The van der Waals surface area contributed by atoms with Crippen LogP contribution in [-0.2, 0) is 49.5 Å². The number of aryl methyl sites for hydroxylation is 1. The fourth-order valence-corrected chi connectivity index (χ4v) is 6.92. The van der Waals surface area contributed by atoms with E-state index in [1.54, 1.807) is 58.4 Å². The summed E-state index contributed by atoms with van der Waals surface area (Å²) in [5.41, 5.74) is 3.17. The van der Waals surface area contributed by atoms with Gasteiger partial charge < -0.3 is 55.3 Å². The first-order valence-electron chi connectivity index (χ1n) is 20.0. The largest absolute Gasteiger partial charge is 0.480 e. The highest BCUT2D eigenvalue weighted by molar-refractivity contribution is 7.13. The number of carbonyl (C=O) groups excluding carboxylic acids is 5. The van der Waals surface area contributed by atoms with E-state index in [1.807, 2.05) is 31.2 Å². The Morgan fingerprint density at radius 3 is 2.10 bits per heavy atom. The summed E-state index contributed by atoms with van der Waals surface area (Å²) in [6.07, 6.45) is -0.523. The molecule has 1 aromatic carbocycles. The number of carboxylic acids is 1. The Morgan fingerprint density at radius 2 is 1.52 bits per heavy atom. The van der Waals surface area contributed by atoms with E-state index in [2.05, 4.69) is 26.3 Å². The first-order chi connectivity index (χ1) is 28.2. The van der Waals surface area contributed by atoms with Crippen LogP contribution in [0.4, 0.5) is 4.79 Å². The lowest BCUT2D eigenvalue weighted by molar-refractivity contribution is -0.144. The molecule has 0 bridgehead atoms. The number of β-amino-alcohol motifs (C(OH)–C–C–N with tert-alkyl or cyclic N) is 1. The summed E-state index contributed by atoms with van der Waals surface area (Å²) < 4.78 is 21.3. The van der Waals surface area contributed by atoms with E-state index in [0.717, 1.165) is 21.7 Å². The third-order valence-corrected chi connectivity index (χ3v) is 10.1. The van der Waals surface area contributed by atoms with Crippen molar-refractivity contribution < 1.29 is 57.9 Å². The highest BCUT2D eigenvalue weighted by atomic mass is 32.1. The minimum atomic E-state index is -1.17. The standard InChI is InChI=1S/C41H62N6O12S/c1-26-34(60-25-44-26)28-13-11-27(12-14-28)21-43-36(51)31-20-29(48)22-47(31)37(52)35(40(2,3)4)46-33(50)24-58-19-17-56-16-18-57-23-32(49)42-15-9-8-10-30(38(53)54)45-39(55)59-41(5,6)7/h11-14,25,29-31,35,48H,8-10,15-24H2,1-7H3,(H,42,49)(H,43,51)(H,45,55)(H,46,50)(H,53,54)/t29-,30+,31+,35-/m1/s1. The Morgan fingerprint density at radius 1 is 0.883 bits per heavy atom. The molecule has 0 saturated carbocycles. The number of ether oxygens (including phenoxy) is 4. The Labute approximate surface area is 355 Å². The van der Waals surface area contributed by atoms with Crippen molar-refractivity contribution in [3.05, 3.63) is 41.0 Å². The highest BCUT2D eigenvalue weighted by Crippen LogP contribution is 2.28. The third kappa shape index (κ3) is 17.5. The number of nitrogens with one attached hydrogen (secondary N) is 4. The maximum Gasteiger partial charge on any atom is 0.408 e. The lowest BCUT2D eigenvalue weighted by Crippen LogP contribution is -2.58. The normalized spacial score (nSPS) is 16.4. The number of alkyl carbamates (subject to hydrolysis) is 1. The monoisotopic (exact) mass is 862 g/mol. The average molecular weight is 863 g/mol. The van der Waals surface area contributed by atoms with Crippen molar-refractivity contribution in [3.8, 4) is 10.4 Å². The molecule has 5 amide bonds. The number of thiazole rings is 1. The summed E-state index contributed by atoms with van der Waals surface area (Å²) in [6.45, 7) is 12.8. The summed E-state index contributed by atoms with van der Waals surface area (Å²) in [7, 11) is 0. The fourth-order valence-electron chi connectivity index (χ4n) is 6.11. The Kier molecular flexibility index (Phi) is 19.8. The van der Waals surface area contributed by atoms with Crippen molar-refractivity contribution in [2.75, 3.05) is 52.7 Å². The van der Waals surface area contributed by atoms with Gasteiger partial charge in [0.25, 0.3) is 0 Å². The number of likely N-dealkylation sites (tertiary alicyclic amines) is 1. The number of aliphatic carboxylic acids is 1. The fraction of sp³-hybridized carbons (Fsp3) is 0.634. The van der Waals surface area contributed by atoms with Crippen molar-refractivity contribution in [1.82, 2.24) is 31.2 Å². The SMILES string of the molecule is Cc1ncsc1-c1ccc(CNC(=O)[C@@H]2C[C@@H](O)CN2C(=O)[C@@H](NC(=O)COCCOCCOCC(=O)NCCCC[C@H](NC(=O)OC(C)(C)C)C(=O)O)C(C)(C)C)cc1. The Hall–Kier alpha value is -4.69. The van der Waals surface area contributed by atoms with E-state index >= 15 is 0 Å². The van der Waals surface area contributed by atoms with Gasteiger partial charge in [0.2, 0.25) is 23.6 Å². The maximum atomic E-state index is 13.9. The van der Waals surface area contributed by atoms with Crippen molar-refractivity contribution in [2.24, 2.45) is 5.41 Å². The predicted molar refractivity (Wildman–Crippen MR) is 222 cm³/mol. The molecular weight excluding hydrogens is 801 g/mol. The minimum Gasteiger partial charge on any atom is -0.480 e. The van der Waals surface area contributed by atoms with Crippen LogP contribution in [0.25, 0.3) is 10.4 Å². The average Bonchev–Trinajstić information content (AvgIpc) is 3.78. The number of aliphatic hydroxyl groups is 1. The van der Waals surface area contributed by atoms with E-state index in [4.69, 9.17) is 18.9 Å². The van der Waals surface area contributed by atoms with Gasteiger partial charge in [-0.3, -0.25) is 19.2 Å². The zero-order valence-corrected chi connectivity index (χ0v) is 36.5. The van der Waals surface area contributed by atoms with Crippen LogP contribution < -0.4 is 21.3 Å². The highest BCUT2D eigenvalue weighted by Gasteiger charge is 2.44. The number of nitrogens with zero attached hydrogens (tertiary/aromatic N) is 2. The molecule has 0 radical (unpaired) electrons. The first kappa shape index (κ1) is 49.7. The second-order valence-corrected chi connectivity index (χ2v) is 17.4. The van der Waals surface area contributed by atoms with E-state index in [1.165, 1.54) is 4.90 Å². The second kappa shape index (κ2) is 23.9. The van der Waals surface area contributed by atoms with E-state index < -0.39 is 65.0 Å². The van der Waals surface area contributed by atoms with Crippen LogP contribution >= 0.6 is 11.3 Å². The van der Waals surface area contributed by atoms with Crippen molar-refractivity contribution in [3.63, 3.8) is 0 Å². The van der Waals surface area contributed by atoms with Crippen LogP contribution in [0.2, 0.25) is 0 Å². The molecule has 0 unspecified atom stereocenters. The zero-order valence-electron chi connectivity index (χ0n) is 35.7. The molecule has 2 heterocycles. The van der Waals surface area contributed by atoms with Gasteiger partial charge in [-0.25, -0.2) is 14.6 Å². The smallest absolute Gasteiger partial charge is 0.408 e. The molecule has 334 valence electrons. The number of carbonyl (C=O) groups is 6. The van der Waals surface area contributed by atoms with Gasteiger partial charge in [0, 0.05) is 26.1 Å². The Balaban J connectivity index is 1.30. The van der Waals surface area contributed by atoms with E-state index in [-0.39, 0.29) is 71.5 Å². The molecule has 60 heavy (non-hydrogen) atoms. The van der Waals surface area contributed by atoms with Crippen LogP contribution in [0.1, 0.15) is 78.5 Å². The number of amides is 5. The van der Waals surface area contributed by atoms with Gasteiger partial charge in [0.15, 0.2) is 0 Å². The number of hydrogen-bond acceptors (Lipinski definition) is 13. The van der Waals surface area contributed by atoms with Crippen LogP contribution in [0.3, 0.4) is 0 Å². The van der Waals surface area contributed by atoms with Crippen LogP contribution in [-0.4, -0.2) is 138 Å². The van der Waals surface area contributed by atoms with Crippen molar-refractivity contribution in [1.29, 1.82) is 0 Å². The third-order valence-electron chi connectivity index (χ3n) is 9.15. The molecule has 6 N–H and O–H groups in total. The second-order valence-electron chi connectivity index (χ2n) is 16.5. The number of hydrogen-bond donors (Lipinski definition) is 6. The van der Waals surface area contributed by atoms with Gasteiger partial charge in [0.1, 0.15) is 36.9 Å². The topological polar surface area (TPSA) is 244 Å². The predicted octanol–water partition coefficient (Wildman–Crippen LogP) is 2.54. The molecule has 4 atom stereocenters. The lowest BCUT2D eigenvalue weighted by atomic mass is 9.85. The number of unbranched alkanes of at least 4 members (excludes halogenated alkanes) is 1. The van der Waals surface area contributed by atoms with E-state index in [0.29, 0.717) is 19.4 Å². The van der Waals surface area contributed by atoms with Gasteiger partial charge in [-0.2, -0.15) is 0 Å². The lowest BCUT2D eigenvalue weighted by Gasteiger charge is -2.35. The molecule has 18 nitrogen and oxygen atoms in total. The number of carboxylic acid groups (broad SMARTS) is 1. The molecule has 19 heteroatoms. The molecule has 1 aliphatic heterocycles. The minimum absolute atomic E-state index is 0.0426. The number of rotatable bonds is 23. The molecule has 2 aromatic rings. The van der Waals surface area contributed by atoms with Crippen LogP contribution in [0.15, 0.2) is 29.8 Å². The zero-order chi connectivity index (χ0) is 44.5. The van der Waals surface area contributed by atoms with Gasteiger partial charge in [-0.1, -0.05) is 45.0 Å². The van der Waals surface area contributed by atoms with Gasteiger partial charge >= 0.3 is 12.1 Å². The van der Waals surface area contributed by atoms with Crippen molar-refractivity contribution >= 4 is 47.0 Å². The maximum absolute atomic E-state index is 13.9. The molecule has 1 aromatic heterocycles. The molecule has 1 aliphatic rings. The first-order valence-corrected chi connectivity index (χ1v) is 20.9. The van der Waals surface area contributed by atoms with Crippen LogP contribution in [0, 0.1) is 12.3 Å². The molecule has 1 saturated heterocycles. The summed E-state index contributed by atoms with van der Waals surface area (Å²) in [5, 5.41) is 30.5. The summed E-state index contributed by atoms with van der Waals surface area (Å²) in [6, 6.07) is 4.77. The molecule has 1 fully saturated rings. The number of aliphatic hydroxyl groups excluding tert-OH is 1. The van der Waals surface area contributed by atoms with E-state index in [9.17, 15) is 39.0 Å². The molecular formula is C41H62N6O12S. The van der Waals surface area contributed by atoms with Crippen molar-refractivity contribution in [2.45, 2.75) is 111 Å². The summed E-state index contributed by atoms with van der Waals surface area (Å²) in [4.78, 5) is 82.1. The summed E-state index contributed by atoms with van der Waals surface area (Å²) >= 11 is 1.56. The van der Waals surface area contributed by atoms with Gasteiger partial charge in [0.05, 0.1) is 48.6 Å². The van der Waals surface area contributed by atoms with Gasteiger partial charge in [-0.05, 0) is 63.5 Å². The molecule has 3 rings (SSSR count). The quantitative estimate of drug-likeness (QED) is 0.0882. The van der Waals surface area contributed by atoms with Gasteiger partial charge in [-0.15, -0.1) is 11.3 Å². The summed E-state index contributed by atoms with van der Waals surface area (Å²) in [5.74, 6) is -2.93. The molecule has 0 spiro atoms. The Bertz CT molecular complexity index is 1730. The number of benzene rings is 1.